The lowest BCUT2D eigenvalue weighted by Gasteiger charge is -2.28. The molecule has 1 saturated heterocycles. The minimum atomic E-state index is 0.304. The summed E-state index contributed by atoms with van der Waals surface area (Å²) in [4.78, 5) is 2.55. The fourth-order valence-electron chi connectivity index (χ4n) is 3.90. The van der Waals surface area contributed by atoms with Crippen LogP contribution in [0, 0.1) is 0 Å². The van der Waals surface area contributed by atoms with Crippen LogP contribution >= 0.6 is 0 Å². The van der Waals surface area contributed by atoms with Gasteiger partial charge in [0.05, 0.1) is 13.2 Å². The minimum Gasteiger partial charge on any atom is -0.497 e. The van der Waals surface area contributed by atoms with Crippen molar-refractivity contribution in [3.8, 4) is 17.1 Å². The van der Waals surface area contributed by atoms with Gasteiger partial charge in [-0.15, -0.1) is 0 Å². The Morgan fingerprint density at radius 3 is 2.74 bits per heavy atom. The van der Waals surface area contributed by atoms with Crippen LogP contribution in [0.1, 0.15) is 43.1 Å². The van der Waals surface area contributed by atoms with Gasteiger partial charge in [0.15, 0.2) is 5.76 Å². The standard InChI is InChI=1S/C22H27N3O2/c1-24-13-6-7-18(24)16-25-14-5-3-4-8-21(25)20-15-22(27-23-20)17-9-11-19(26-2)12-10-17/h6-7,9-13,15,21H,3-5,8,14,16H2,1-2H3/t21-/m0/s1. The summed E-state index contributed by atoms with van der Waals surface area (Å²) >= 11 is 0. The second-order valence-electron chi connectivity index (χ2n) is 7.29. The summed E-state index contributed by atoms with van der Waals surface area (Å²) in [5, 5.41) is 4.45. The number of rotatable bonds is 5. The maximum absolute atomic E-state index is 5.70. The third-order valence-corrected chi connectivity index (χ3v) is 5.52. The molecule has 3 aromatic rings. The summed E-state index contributed by atoms with van der Waals surface area (Å²) in [5.41, 5.74) is 3.40. The Labute approximate surface area is 160 Å². The lowest BCUT2D eigenvalue weighted by Crippen LogP contribution is -2.29. The van der Waals surface area contributed by atoms with Gasteiger partial charge in [-0.25, -0.2) is 0 Å². The van der Waals surface area contributed by atoms with Crippen molar-refractivity contribution in [2.24, 2.45) is 7.05 Å². The molecule has 0 N–H and O–H groups in total. The third kappa shape index (κ3) is 3.93. The van der Waals surface area contributed by atoms with E-state index in [2.05, 4.69) is 46.1 Å². The number of aromatic nitrogens is 2. The predicted octanol–water partition coefficient (Wildman–Crippen LogP) is 4.81. The molecular weight excluding hydrogens is 338 g/mol. The van der Waals surface area contributed by atoms with Gasteiger partial charge in [-0.1, -0.05) is 18.0 Å². The molecule has 27 heavy (non-hydrogen) atoms. The third-order valence-electron chi connectivity index (χ3n) is 5.52. The maximum atomic E-state index is 5.70. The normalized spacial score (nSPS) is 18.4. The van der Waals surface area contributed by atoms with Gasteiger partial charge >= 0.3 is 0 Å². The van der Waals surface area contributed by atoms with Crippen molar-refractivity contribution in [1.29, 1.82) is 0 Å². The molecule has 1 aliphatic rings. The average molecular weight is 365 g/mol. The number of aryl methyl sites for hydroxylation is 1. The molecule has 142 valence electrons. The smallest absolute Gasteiger partial charge is 0.167 e. The summed E-state index contributed by atoms with van der Waals surface area (Å²) in [6.45, 7) is 2.04. The van der Waals surface area contributed by atoms with E-state index >= 15 is 0 Å². The van der Waals surface area contributed by atoms with Crippen LogP contribution in [0.5, 0.6) is 5.75 Å². The first-order chi connectivity index (χ1) is 13.2. The molecule has 1 atom stereocenters. The van der Waals surface area contributed by atoms with E-state index in [4.69, 9.17) is 9.26 Å². The SMILES string of the molecule is COc1ccc(-c2cc([C@@H]3CCCCCN3Cc3cccn3C)no2)cc1. The van der Waals surface area contributed by atoms with Crippen molar-refractivity contribution >= 4 is 0 Å². The van der Waals surface area contributed by atoms with Crippen LogP contribution in [0.2, 0.25) is 0 Å². The topological polar surface area (TPSA) is 43.4 Å². The Kier molecular flexibility index (Phi) is 5.30. The van der Waals surface area contributed by atoms with Crippen LogP contribution in [0.15, 0.2) is 53.2 Å². The number of nitrogens with zero attached hydrogens (tertiary/aromatic N) is 3. The highest BCUT2D eigenvalue weighted by atomic mass is 16.5. The van der Waals surface area contributed by atoms with Crippen LogP contribution in [0.4, 0.5) is 0 Å². The molecule has 0 amide bonds. The fourth-order valence-corrected chi connectivity index (χ4v) is 3.90. The van der Waals surface area contributed by atoms with Gasteiger partial charge in [-0.05, 0) is 55.8 Å². The first-order valence-electron chi connectivity index (χ1n) is 9.70. The summed E-state index contributed by atoms with van der Waals surface area (Å²) in [6, 6.07) is 14.6. The van der Waals surface area contributed by atoms with Gasteiger partial charge < -0.3 is 13.8 Å². The molecule has 1 aliphatic heterocycles. The van der Waals surface area contributed by atoms with E-state index < -0.39 is 0 Å². The Hall–Kier alpha value is -2.53. The van der Waals surface area contributed by atoms with Gasteiger partial charge in [0.1, 0.15) is 11.4 Å². The van der Waals surface area contributed by atoms with Crippen molar-refractivity contribution in [3.63, 3.8) is 0 Å². The Balaban J connectivity index is 1.57. The predicted molar refractivity (Wildman–Crippen MR) is 106 cm³/mol. The molecule has 3 heterocycles. The monoisotopic (exact) mass is 365 g/mol. The Bertz CT molecular complexity index is 866. The zero-order valence-corrected chi connectivity index (χ0v) is 16.1. The van der Waals surface area contributed by atoms with Gasteiger partial charge in [-0.2, -0.15) is 0 Å². The highest BCUT2D eigenvalue weighted by molar-refractivity contribution is 5.58. The van der Waals surface area contributed by atoms with E-state index in [0.717, 1.165) is 42.3 Å². The van der Waals surface area contributed by atoms with Crippen LogP contribution in [-0.4, -0.2) is 28.3 Å². The highest BCUT2D eigenvalue weighted by Gasteiger charge is 2.26. The van der Waals surface area contributed by atoms with Crippen LogP contribution in [-0.2, 0) is 13.6 Å². The molecule has 4 rings (SSSR count). The molecular formula is C22H27N3O2. The van der Waals surface area contributed by atoms with Gasteiger partial charge in [0.2, 0.25) is 0 Å². The molecule has 1 fully saturated rings. The lowest BCUT2D eigenvalue weighted by molar-refractivity contribution is 0.180. The molecule has 0 unspecified atom stereocenters. The van der Waals surface area contributed by atoms with Crippen LogP contribution < -0.4 is 4.74 Å². The molecule has 5 nitrogen and oxygen atoms in total. The first kappa shape index (κ1) is 17.9. The van der Waals surface area contributed by atoms with Crippen molar-refractivity contribution in [2.75, 3.05) is 13.7 Å². The molecule has 1 aromatic carbocycles. The van der Waals surface area contributed by atoms with E-state index in [1.165, 1.54) is 25.0 Å². The van der Waals surface area contributed by atoms with E-state index in [-0.39, 0.29) is 0 Å². The Morgan fingerprint density at radius 2 is 2.00 bits per heavy atom. The molecule has 0 aliphatic carbocycles. The second kappa shape index (κ2) is 8.01. The summed E-state index contributed by atoms with van der Waals surface area (Å²) in [6.07, 6.45) is 6.99. The first-order valence-corrected chi connectivity index (χ1v) is 9.70. The van der Waals surface area contributed by atoms with E-state index in [0.29, 0.717) is 6.04 Å². The van der Waals surface area contributed by atoms with Gasteiger partial charge in [0, 0.05) is 37.1 Å². The number of hydrogen-bond donors (Lipinski definition) is 0. The molecule has 0 radical (unpaired) electrons. The average Bonchev–Trinajstić information content (AvgIpc) is 3.27. The molecule has 0 spiro atoms. The number of benzene rings is 1. The minimum absolute atomic E-state index is 0.304. The fraction of sp³-hybridized carbons (Fsp3) is 0.409. The van der Waals surface area contributed by atoms with E-state index in [1.807, 2.05) is 24.3 Å². The molecule has 5 heteroatoms. The summed E-state index contributed by atoms with van der Waals surface area (Å²) in [5.74, 6) is 1.66. The van der Waals surface area contributed by atoms with Crippen molar-refractivity contribution < 1.29 is 9.26 Å². The highest BCUT2D eigenvalue weighted by Crippen LogP contribution is 2.33. The number of likely N-dealkylation sites (tertiary alicyclic amines) is 1. The van der Waals surface area contributed by atoms with Crippen molar-refractivity contribution in [2.45, 2.75) is 38.3 Å². The lowest BCUT2D eigenvalue weighted by atomic mass is 10.0. The Morgan fingerprint density at radius 1 is 1.15 bits per heavy atom. The molecule has 2 aromatic heterocycles. The van der Waals surface area contributed by atoms with E-state index in [1.54, 1.807) is 7.11 Å². The second-order valence-corrected chi connectivity index (χ2v) is 7.29. The van der Waals surface area contributed by atoms with Crippen molar-refractivity contribution in [3.05, 3.63) is 60.0 Å². The van der Waals surface area contributed by atoms with E-state index in [9.17, 15) is 0 Å². The quantitative estimate of drug-likeness (QED) is 0.651. The van der Waals surface area contributed by atoms with Crippen LogP contribution in [0.25, 0.3) is 11.3 Å². The molecule has 0 bridgehead atoms. The molecule has 0 saturated carbocycles. The van der Waals surface area contributed by atoms with Crippen molar-refractivity contribution in [1.82, 2.24) is 14.6 Å². The van der Waals surface area contributed by atoms with Gasteiger partial charge in [-0.3, -0.25) is 4.90 Å². The summed E-state index contributed by atoms with van der Waals surface area (Å²) in [7, 11) is 3.79. The zero-order valence-electron chi connectivity index (χ0n) is 16.1. The summed E-state index contributed by atoms with van der Waals surface area (Å²) < 4.78 is 13.1. The maximum Gasteiger partial charge on any atom is 0.167 e. The number of hydrogen-bond acceptors (Lipinski definition) is 4. The largest absolute Gasteiger partial charge is 0.497 e. The number of ether oxygens (including phenoxy) is 1. The van der Waals surface area contributed by atoms with Crippen LogP contribution in [0.3, 0.4) is 0 Å². The van der Waals surface area contributed by atoms with Gasteiger partial charge in [0.25, 0.3) is 0 Å². The number of methoxy groups -OCH3 is 1. The zero-order chi connectivity index (χ0) is 18.6.